The molecule has 9 heteroatoms. The Morgan fingerprint density at radius 3 is 0.778 bits per heavy atom. The molecule has 0 N–H and O–H groups in total. The maximum Gasteiger partial charge on any atom is 0.0602 e. The van der Waals surface area contributed by atoms with Gasteiger partial charge in [0.2, 0.25) is 0 Å². The minimum absolute atomic E-state index is 0.00366. The topological polar surface area (TPSA) is 83.1 Å². The molecule has 0 bridgehead atoms. The third-order valence-corrected chi connectivity index (χ3v) is 17.6. The van der Waals surface area contributed by atoms with E-state index >= 15 is 0 Å². The van der Waals surface area contributed by atoms with Crippen molar-refractivity contribution in [1.82, 2.24) is 0 Å². The summed E-state index contributed by atoms with van der Waals surface area (Å²) in [6.45, 7) is 60.9. The fraction of sp³-hybridized carbons (Fsp3) is 1.00. The minimum atomic E-state index is 0.00366. The van der Waals surface area contributed by atoms with Crippen molar-refractivity contribution in [2.24, 2.45) is 59.2 Å². The Morgan fingerprint density at radius 2 is 0.630 bits per heavy atom. The molecule has 9 nitrogen and oxygen atoms in total. The van der Waals surface area contributed by atoms with E-state index in [1.54, 1.807) is 21.3 Å². The molecule has 0 spiro atoms. The summed E-state index contributed by atoms with van der Waals surface area (Å²) in [5.74, 6) is 7.15. The number of hydrogen-bond acceptors (Lipinski definition) is 9. The average molecular weight is 1170 g/mol. The molecular formula is C72H156O9. The van der Waals surface area contributed by atoms with Gasteiger partial charge in [0.25, 0.3) is 0 Å². The van der Waals surface area contributed by atoms with Gasteiger partial charge in [0, 0.05) is 49.3 Å². The molecule has 0 aromatic rings. The van der Waals surface area contributed by atoms with E-state index in [4.69, 9.17) is 42.6 Å². The quantitative estimate of drug-likeness (QED) is 0.0985. The van der Waals surface area contributed by atoms with Crippen LogP contribution in [0.3, 0.4) is 0 Å². The van der Waals surface area contributed by atoms with Crippen LogP contribution in [-0.4, -0.2) is 116 Å². The second kappa shape index (κ2) is 58.6. The van der Waals surface area contributed by atoms with Crippen LogP contribution < -0.4 is 0 Å². The summed E-state index contributed by atoms with van der Waals surface area (Å²) in [4.78, 5) is 0. The highest BCUT2D eigenvalue weighted by atomic mass is 16.5. The van der Waals surface area contributed by atoms with E-state index in [2.05, 4.69) is 187 Å². The van der Waals surface area contributed by atoms with Gasteiger partial charge in [-0.25, -0.2) is 0 Å². The summed E-state index contributed by atoms with van der Waals surface area (Å²) in [5, 5.41) is 0. The van der Waals surface area contributed by atoms with Gasteiger partial charge in [0.05, 0.1) is 66.6 Å². The van der Waals surface area contributed by atoms with Crippen LogP contribution in [0.5, 0.6) is 0 Å². The normalized spacial score (nSPS) is 19.3. The lowest BCUT2D eigenvalue weighted by molar-refractivity contribution is -0.0698. The molecule has 0 amide bonds. The van der Waals surface area contributed by atoms with Crippen molar-refractivity contribution >= 4 is 0 Å². The van der Waals surface area contributed by atoms with Crippen LogP contribution in [0.25, 0.3) is 0 Å². The van der Waals surface area contributed by atoms with Crippen LogP contribution >= 0.6 is 0 Å². The fourth-order valence-electron chi connectivity index (χ4n) is 8.72. The Bertz CT molecular complexity index is 1180. The lowest BCUT2D eigenvalue weighted by Crippen LogP contribution is -2.28. The summed E-state index contributed by atoms with van der Waals surface area (Å²) in [6, 6.07) is 0. The lowest BCUT2D eigenvalue weighted by atomic mass is 9.86. The Labute approximate surface area is 512 Å². The van der Waals surface area contributed by atoms with E-state index in [9.17, 15) is 0 Å². The Balaban J connectivity index is -0.000000196. The molecule has 0 heterocycles. The van der Waals surface area contributed by atoms with Gasteiger partial charge in [-0.2, -0.15) is 0 Å². The molecule has 2 unspecified atom stereocenters. The summed E-state index contributed by atoms with van der Waals surface area (Å²) in [5.41, 5.74) is 0.00366. The van der Waals surface area contributed by atoms with Crippen LogP contribution in [0.1, 0.15) is 297 Å². The maximum absolute atomic E-state index is 5.70. The van der Waals surface area contributed by atoms with Gasteiger partial charge in [-0.15, -0.1) is 0 Å². The standard InChI is InChI=1S/C10H20O.C9H18O.C9H20O.C8H16O.2C8H18O.2C7H16O.C6H14O/c1-9(11-2)10-7-5-3-4-6-8-10;1-8(10-2)9-6-4-3-5-7-9;1-7(2)8(3)10-9(4,5)6;1-7(9-2)8-5-3-4-6-8;1-6(2)7(3)8(4)9-5;1-6(2)8(5)9-7(3)4;1-5-6(2)7(3)8-4;1-5-8-7(4)6(2)3;1-5(2)6(3)7-4/h9-10H,3-8H2,1-2H3;8-9H,3-7H2,1-2H3;7-8H,1-6H3;7-8H,3-6H2,1-2H3;2*6-8H,1-5H3;2*6-7H,5H2,1-4H3;5-6H,1-4H3/t9-;2*8-;7-;7?,8-;8-;6?,7-;7-;6-/m111111111/s1. The molecule has 11 atom stereocenters. The van der Waals surface area contributed by atoms with E-state index in [1.807, 2.05) is 28.3 Å². The molecule has 0 saturated heterocycles. The van der Waals surface area contributed by atoms with E-state index in [0.717, 1.165) is 30.3 Å². The van der Waals surface area contributed by atoms with Crippen molar-refractivity contribution in [2.75, 3.05) is 49.3 Å². The van der Waals surface area contributed by atoms with Gasteiger partial charge in [0.15, 0.2) is 0 Å². The predicted octanol–water partition coefficient (Wildman–Crippen LogP) is 21.2. The van der Waals surface area contributed by atoms with Gasteiger partial charge in [0.1, 0.15) is 0 Å². The molecule has 3 aliphatic carbocycles. The zero-order valence-electron chi connectivity index (χ0n) is 61.7. The molecule has 3 aliphatic rings. The van der Waals surface area contributed by atoms with Crippen LogP contribution in [-0.2, 0) is 42.6 Å². The first kappa shape index (κ1) is 91.8. The van der Waals surface area contributed by atoms with E-state index in [1.165, 1.54) is 103 Å². The number of hydrogen-bond donors (Lipinski definition) is 0. The van der Waals surface area contributed by atoms with Crippen molar-refractivity contribution in [3.63, 3.8) is 0 Å². The van der Waals surface area contributed by atoms with Crippen LogP contribution in [0.2, 0.25) is 0 Å². The van der Waals surface area contributed by atoms with Gasteiger partial charge in [-0.3, -0.25) is 0 Å². The third-order valence-electron chi connectivity index (χ3n) is 17.6. The highest BCUT2D eigenvalue weighted by Crippen LogP contribution is 2.29. The summed E-state index contributed by atoms with van der Waals surface area (Å²) >= 11 is 0. The van der Waals surface area contributed by atoms with Crippen LogP contribution in [0.15, 0.2) is 0 Å². The number of methoxy groups -OCH3 is 6. The molecule has 3 fully saturated rings. The smallest absolute Gasteiger partial charge is 0.0602 e. The highest BCUT2D eigenvalue weighted by molar-refractivity contribution is 4.73. The summed E-state index contributed by atoms with van der Waals surface area (Å²) in [7, 11) is 10.7. The Hall–Kier alpha value is -0.360. The van der Waals surface area contributed by atoms with E-state index in [0.29, 0.717) is 96.5 Å². The van der Waals surface area contributed by atoms with E-state index < -0.39 is 0 Å². The molecule has 81 heavy (non-hydrogen) atoms. The molecule has 0 aliphatic heterocycles. The largest absolute Gasteiger partial charge is 0.381 e. The Kier molecular flexibility index (Phi) is 66.5. The monoisotopic (exact) mass is 1170 g/mol. The first-order chi connectivity index (χ1) is 37.6. The molecule has 498 valence electrons. The Morgan fingerprint density at radius 1 is 0.333 bits per heavy atom. The molecule has 3 saturated carbocycles. The minimum Gasteiger partial charge on any atom is -0.381 e. The number of ether oxygens (including phenoxy) is 9. The summed E-state index contributed by atoms with van der Waals surface area (Å²) in [6.07, 6.45) is 26.5. The lowest BCUT2D eigenvalue weighted by Gasteiger charge is -2.27. The molecule has 0 radical (unpaired) electrons. The van der Waals surface area contributed by atoms with Crippen LogP contribution in [0.4, 0.5) is 0 Å². The van der Waals surface area contributed by atoms with E-state index in [-0.39, 0.29) is 5.60 Å². The second-order valence-corrected chi connectivity index (χ2v) is 27.3. The number of rotatable bonds is 22. The third kappa shape index (κ3) is 59.7. The molecule has 0 aromatic heterocycles. The van der Waals surface area contributed by atoms with Gasteiger partial charge in [-0.05, 0) is 202 Å². The van der Waals surface area contributed by atoms with Crippen molar-refractivity contribution in [2.45, 2.75) is 363 Å². The summed E-state index contributed by atoms with van der Waals surface area (Å²) < 4.78 is 47.7. The fourth-order valence-corrected chi connectivity index (χ4v) is 8.72. The van der Waals surface area contributed by atoms with Crippen molar-refractivity contribution in [1.29, 1.82) is 0 Å². The average Bonchev–Trinajstić information content (AvgIpc) is 3.84. The molecule has 3 rings (SSSR count). The molecule has 0 aromatic carbocycles. The predicted molar refractivity (Wildman–Crippen MR) is 358 cm³/mol. The second-order valence-electron chi connectivity index (χ2n) is 27.3. The van der Waals surface area contributed by atoms with Crippen molar-refractivity contribution < 1.29 is 42.6 Å². The zero-order valence-corrected chi connectivity index (χ0v) is 61.7. The van der Waals surface area contributed by atoms with Gasteiger partial charge < -0.3 is 42.6 Å². The maximum atomic E-state index is 5.70. The first-order valence-electron chi connectivity index (χ1n) is 33.7. The van der Waals surface area contributed by atoms with Crippen LogP contribution in [0, 0.1) is 59.2 Å². The van der Waals surface area contributed by atoms with Crippen molar-refractivity contribution in [3.05, 3.63) is 0 Å². The zero-order chi connectivity index (χ0) is 64.4. The molecular weight excluding hydrogens is 1010 g/mol. The SMILES string of the molecule is CC(C)O[C@H](C)C(C)C.CC(C)[C@@H](C)OC(C)(C)C.CCC(C)[C@@H](C)OC.CCO[C@H](C)C(C)C.CO[C@H](C)C(C)C.CO[C@H](C)C(C)C(C)C.CO[C@H](C)C1CCCC1.CO[C@H](C)C1CCCCC1.CO[C@H](C)C1CCCCCC1. The van der Waals surface area contributed by atoms with Gasteiger partial charge >= 0.3 is 0 Å². The highest BCUT2D eigenvalue weighted by Gasteiger charge is 2.22. The first-order valence-corrected chi connectivity index (χ1v) is 33.7. The van der Waals surface area contributed by atoms with Crippen molar-refractivity contribution in [3.8, 4) is 0 Å². The van der Waals surface area contributed by atoms with Gasteiger partial charge in [-0.1, -0.05) is 154 Å².